The van der Waals surface area contributed by atoms with Crippen LogP contribution in [0.25, 0.3) is 55.8 Å². The fourth-order valence-electron chi connectivity index (χ4n) is 5.17. The van der Waals surface area contributed by atoms with Gasteiger partial charge < -0.3 is 9.72 Å². The van der Waals surface area contributed by atoms with E-state index in [1.165, 1.54) is 19.3 Å². The summed E-state index contributed by atoms with van der Waals surface area (Å²) in [6, 6.07) is 14.0. The Morgan fingerprint density at radius 2 is 1.70 bits per heavy atom. The SMILES string of the molecule is c1ccc(-c2nccc3[nH]c(-c4n[nH]c5ncc(-c6cncc(OC7CCCCC7)c6)cc45)cc23)nc1. The highest BCUT2D eigenvalue weighted by atomic mass is 16.5. The summed E-state index contributed by atoms with van der Waals surface area (Å²) in [4.78, 5) is 21.7. The van der Waals surface area contributed by atoms with E-state index in [0.29, 0.717) is 0 Å². The fraction of sp³-hybridized carbons (Fsp3) is 0.207. The first-order chi connectivity index (χ1) is 18.3. The van der Waals surface area contributed by atoms with Crippen LogP contribution in [0.1, 0.15) is 32.1 Å². The number of hydrogen-bond donors (Lipinski definition) is 2. The van der Waals surface area contributed by atoms with Gasteiger partial charge in [0.15, 0.2) is 5.65 Å². The number of aromatic amines is 2. The molecule has 0 radical (unpaired) electrons. The Balaban J connectivity index is 1.26. The second-order valence-electron chi connectivity index (χ2n) is 9.50. The molecule has 37 heavy (non-hydrogen) atoms. The van der Waals surface area contributed by atoms with Crippen molar-refractivity contribution in [3.63, 3.8) is 0 Å². The molecule has 0 aromatic carbocycles. The lowest BCUT2D eigenvalue weighted by Gasteiger charge is -2.23. The summed E-state index contributed by atoms with van der Waals surface area (Å²) < 4.78 is 6.25. The third kappa shape index (κ3) is 4.10. The van der Waals surface area contributed by atoms with Crippen molar-refractivity contribution in [2.75, 3.05) is 0 Å². The van der Waals surface area contributed by atoms with Crippen LogP contribution in [-0.4, -0.2) is 41.2 Å². The highest BCUT2D eigenvalue weighted by molar-refractivity contribution is 5.99. The first-order valence-electron chi connectivity index (χ1n) is 12.7. The molecule has 2 N–H and O–H groups in total. The van der Waals surface area contributed by atoms with Crippen LogP contribution in [0, 0.1) is 0 Å². The number of nitrogens with one attached hydrogen (secondary N) is 2. The van der Waals surface area contributed by atoms with Gasteiger partial charge in [-0.15, -0.1) is 0 Å². The number of pyridine rings is 4. The molecule has 6 aromatic heterocycles. The van der Waals surface area contributed by atoms with Crippen molar-refractivity contribution in [2.24, 2.45) is 0 Å². The summed E-state index contributed by atoms with van der Waals surface area (Å²) >= 11 is 0. The molecule has 1 saturated carbocycles. The zero-order valence-corrected chi connectivity index (χ0v) is 20.2. The van der Waals surface area contributed by atoms with Gasteiger partial charge in [0.2, 0.25) is 0 Å². The number of H-pyrrole nitrogens is 2. The molecule has 8 nitrogen and oxygen atoms in total. The van der Waals surface area contributed by atoms with Gasteiger partial charge >= 0.3 is 0 Å². The Kier molecular flexibility index (Phi) is 5.35. The molecule has 1 aliphatic rings. The molecule has 1 fully saturated rings. The first-order valence-corrected chi connectivity index (χ1v) is 12.7. The van der Waals surface area contributed by atoms with E-state index in [9.17, 15) is 0 Å². The molecule has 0 spiro atoms. The third-order valence-electron chi connectivity index (χ3n) is 7.03. The topological polar surface area (TPSA) is 105 Å². The second kappa shape index (κ2) is 9.13. The smallest absolute Gasteiger partial charge is 0.155 e. The minimum Gasteiger partial charge on any atom is -0.489 e. The highest BCUT2D eigenvalue weighted by Gasteiger charge is 2.17. The molecule has 0 atom stereocenters. The monoisotopic (exact) mass is 487 g/mol. The summed E-state index contributed by atoms with van der Waals surface area (Å²) in [5, 5.41) is 9.59. The van der Waals surface area contributed by atoms with E-state index in [0.717, 1.165) is 74.4 Å². The molecular formula is C29H25N7O. The molecular weight excluding hydrogens is 462 g/mol. The zero-order chi connectivity index (χ0) is 24.6. The third-order valence-corrected chi connectivity index (χ3v) is 7.03. The van der Waals surface area contributed by atoms with E-state index in [-0.39, 0.29) is 6.10 Å². The largest absolute Gasteiger partial charge is 0.489 e. The van der Waals surface area contributed by atoms with Gasteiger partial charge in [0.25, 0.3) is 0 Å². The molecule has 0 unspecified atom stereocenters. The van der Waals surface area contributed by atoms with Crippen LogP contribution in [0.3, 0.4) is 0 Å². The van der Waals surface area contributed by atoms with E-state index < -0.39 is 0 Å². The molecule has 7 rings (SSSR count). The molecule has 6 heterocycles. The highest BCUT2D eigenvalue weighted by Crippen LogP contribution is 2.34. The second-order valence-corrected chi connectivity index (χ2v) is 9.50. The maximum atomic E-state index is 6.25. The zero-order valence-electron chi connectivity index (χ0n) is 20.2. The summed E-state index contributed by atoms with van der Waals surface area (Å²) in [7, 11) is 0. The number of fused-ring (bicyclic) bond motifs is 2. The van der Waals surface area contributed by atoms with Crippen molar-refractivity contribution in [1.29, 1.82) is 0 Å². The van der Waals surface area contributed by atoms with Crippen molar-refractivity contribution in [1.82, 2.24) is 35.1 Å². The van der Waals surface area contributed by atoms with Crippen LogP contribution in [0.5, 0.6) is 5.75 Å². The molecule has 0 saturated heterocycles. The molecule has 1 aliphatic carbocycles. The van der Waals surface area contributed by atoms with Crippen LogP contribution >= 0.6 is 0 Å². The van der Waals surface area contributed by atoms with Gasteiger partial charge in [0.05, 0.1) is 29.4 Å². The van der Waals surface area contributed by atoms with Crippen LogP contribution < -0.4 is 4.74 Å². The molecule has 0 bridgehead atoms. The summed E-state index contributed by atoms with van der Waals surface area (Å²) in [5.41, 5.74) is 6.98. The van der Waals surface area contributed by atoms with E-state index >= 15 is 0 Å². The number of aromatic nitrogens is 7. The van der Waals surface area contributed by atoms with Gasteiger partial charge in [-0.3, -0.25) is 20.1 Å². The van der Waals surface area contributed by atoms with Gasteiger partial charge in [-0.1, -0.05) is 12.5 Å². The predicted molar refractivity (Wildman–Crippen MR) is 143 cm³/mol. The van der Waals surface area contributed by atoms with Crippen molar-refractivity contribution in [2.45, 2.75) is 38.2 Å². The fourth-order valence-corrected chi connectivity index (χ4v) is 5.17. The maximum absolute atomic E-state index is 6.25. The van der Waals surface area contributed by atoms with Crippen LogP contribution in [0.4, 0.5) is 0 Å². The van der Waals surface area contributed by atoms with Crippen molar-refractivity contribution in [3.05, 3.63) is 73.4 Å². The standard InChI is InChI=1S/C29H25N7O/c1-2-6-20(7-3-1)37-21-12-18(15-30-17-21)19-13-23-28(35-36-29(23)33-16-19)26-14-22-24(34-26)9-11-32-27(22)25-8-4-5-10-31-25/h4-5,8-17,20,34H,1-3,6-7H2,(H,33,35,36). The quantitative estimate of drug-likeness (QED) is 0.294. The molecule has 6 aromatic rings. The van der Waals surface area contributed by atoms with E-state index in [1.54, 1.807) is 18.6 Å². The summed E-state index contributed by atoms with van der Waals surface area (Å²) in [6.45, 7) is 0. The Hall–Kier alpha value is -4.59. The van der Waals surface area contributed by atoms with Gasteiger partial charge in [-0.25, -0.2) is 4.98 Å². The van der Waals surface area contributed by atoms with E-state index in [4.69, 9.17) is 4.74 Å². The van der Waals surface area contributed by atoms with Crippen molar-refractivity contribution < 1.29 is 4.74 Å². The minimum absolute atomic E-state index is 0.277. The Morgan fingerprint density at radius 1 is 0.784 bits per heavy atom. The first kappa shape index (κ1) is 21.7. The Morgan fingerprint density at radius 3 is 2.59 bits per heavy atom. The van der Waals surface area contributed by atoms with Gasteiger partial charge in [0, 0.05) is 52.2 Å². The average molecular weight is 488 g/mol. The van der Waals surface area contributed by atoms with E-state index in [2.05, 4.69) is 53.3 Å². The average Bonchev–Trinajstić information content (AvgIpc) is 3.58. The number of hydrogen-bond acceptors (Lipinski definition) is 6. The predicted octanol–water partition coefficient (Wildman–Crippen LogP) is 6.34. The van der Waals surface area contributed by atoms with Crippen molar-refractivity contribution in [3.8, 4) is 39.7 Å². The molecule has 0 aliphatic heterocycles. The van der Waals surface area contributed by atoms with Crippen molar-refractivity contribution >= 4 is 21.9 Å². The lowest BCUT2D eigenvalue weighted by Crippen LogP contribution is -2.19. The summed E-state index contributed by atoms with van der Waals surface area (Å²) in [5.74, 6) is 0.807. The lowest BCUT2D eigenvalue weighted by atomic mass is 9.98. The molecule has 0 amide bonds. The number of rotatable bonds is 5. The molecule has 182 valence electrons. The van der Waals surface area contributed by atoms with Gasteiger partial charge in [-0.2, -0.15) is 5.10 Å². The Bertz CT molecular complexity index is 1700. The maximum Gasteiger partial charge on any atom is 0.155 e. The Labute approximate surface area is 213 Å². The van der Waals surface area contributed by atoms with E-state index in [1.807, 2.05) is 36.7 Å². The summed E-state index contributed by atoms with van der Waals surface area (Å²) in [6.07, 6.45) is 15.3. The van der Waals surface area contributed by atoms with Crippen LogP contribution in [0.2, 0.25) is 0 Å². The number of nitrogens with zero attached hydrogens (tertiary/aromatic N) is 5. The van der Waals surface area contributed by atoms with Gasteiger partial charge in [0.1, 0.15) is 11.4 Å². The molecule has 8 heteroatoms. The van der Waals surface area contributed by atoms with Crippen LogP contribution in [0.15, 0.2) is 73.4 Å². The van der Waals surface area contributed by atoms with Crippen LogP contribution in [-0.2, 0) is 0 Å². The minimum atomic E-state index is 0.277. The lowest BCUT2D eigenvalue weighted by molar-refractivity contribution is 0.154. The van der Waals surface area contributed by atoms with Gasteiger partial charge in [-0.05, 0) is 62.1 Å². The normalized spacial score (nSPS) is 14.4. The number of ether oxygens (including phenoxy) is 1.